The maximum Gasteiger partial charge on any atom is 0.251 e. The fourth-order valence-corrected chi connectivity index (χ4v) is 3.06. The number of aromatic amines is 1. The second-order valence-electron chi connectivity index (χ2n) is 6.31. The Morgan fingerprint density at radius 2 is 2.09 bits per heavy atom. The molecule has 22 heavy (non-hydrogen) atoms. The molecule has 0 saturated carbocycles. The van der Waals surface area contributed by atoms with E-state index in [9.17, 15) is 4.79 Å². The lowest BCUT2D eigenvalue weighted by molar-refractivity contribution is 0.0930. The summed E-state index contributed by atoms with van der Waals surface area (Å²) in [7, 11) is 0. The lowest BCUT2D eigenvalue weighted by atomic mass is 9.78. The Morgan fingerprint density at radius 3 is 2.95 bits per heavy atom. The third-order valence-corrected chi connectivity index (χ3v) is 4.35. The number of nitrogens with zero attached hydrogens (tertiary/aromatic N) is 2. The van der Waals surface area contributed by atoms with Crippen molar-refractivity contribution in [2.75, 3.05) is 6.54 Å². The van der Waals surface area contributed by atoms with Crippen LogP contribution in [0.3, 0.4) is 0 Å². The molecule has 1 amide bonds. The standard InChI is InChI=1S/C17H16N4O/c1-17(2)8-20-16(22)11-4-3-10(5-14(11)17)12-7-19-15-13(12)6-18-9-21-15/h3-7,9H,8H2,1-2H3,(H,20,22)(H,18,19,21). The largest absolute Gasteiger partial charge is 0.351 e. The highest BCUT2D eigenvalue weighted by atomic mass is 16.1. The minimum atomic E-state index is -0.0815. The van der Waals surface area contributed by atoms with Crippen molar-refractivity contribution in [3.63, 3.8) is 0 Å². The number of fused-ring (bicyclic) bond motifs is 2. The van der Waals surface area contributed by atoms with E-state index in [1.54, 1.807) is 0 Å². The predicted octanol–water partition coefficient (Wildman–Crippen LogP) is 2.65. The number of nitrogens with one attached hydrogen (secondary N) is 2. The van der Waals surface area contributed by atoms with Gasteiger partial charge in [-0.05, 0) is 23.3 Å². The van der Waals surface area contributed by atoms with Crippen LogP contribution >= 0.6 is 0 Å². The van der Waals surface area contributed by atoms with E-state index in [0.717, 1.165) is 33.3 Å². The Morgan fingerprint density at radius 1 is 1.23 bits per heavy atom. The molecule has 5 nitrogen and oxygen atoms in total. The Bertz CT molecular complexity index is 895. The molecule has 3 heterocycles. The van der Waals surface area contributed by atoms with Crippen LogP contribution in [0.15, 0.2) is 36.9 Å². The summed E-state index contributed by atoms with van der Waals surface area (Å²) in [4.78, 5) is 23.5. The van der Waals surface area contributed by atoms with Crippen molar-refractivity contribution >= 4 is 16.9 Å². The molecule has 0 aliphatic carbocycles. The average molecular weight is 292 g/mol. The number of carbonyl (C=O) groups is 1. The number of hydrogen-bond acceptors (Lipinski definition) is 3. The first-order valence-corrected chi connectivity index (χ1v) is 7.26. The average Bonchev–Trinajstić information content (AvgIpc) is 2.95. The molecular weight excluding hydrogens is 276 g/mol. The molecule has 110 valence electrons. The molecule has 2 N–H and O–H groups in total. The third kappa shape index (κ3) is 1.82. The monoisotopic (exact) mass is 292 g/mol. The molecule has 3 aromatic rings. The Kier molecular flexibility index (Phi) is 2.60. The van der Waals surface area contributed by atoms with Gasteiger partial charge in [0.15, 0.2) is 0 Å². The van der Waals surface area contributed by atoms with Gasteiger partial charge in [-0.25, -0.2) is 9.97 Å². The number of carbonyl (C=O) groups excluding carboxylic acids is 1. The zero-order valence-corrected chi connectivity index (χ0v) is 12.5. The molecule has 5 heteroatoms. The predicted molar refractivity (Wildman–Crippen MR) is 84.7 cm³/mol. The summed E-state index contributed by atoms with van der Waals surface area (Å²) >= 11 is 0. The highest BCUT2D eigenvalue weighted by molar-refractivity contribution is 5.99. The van der Waals surface area contributed by atoms with Crippen LogP contribution in [0.5, 0.6) is 0 Å². The number of benzene rings is 1. The van der Waals surface area contributed by atoms with Gasteiger partial charge >= 0.3 is 0 Å². The lowest BCUT2D eigenvalue weighted by Crippen LogP contribution is -2.43. The molecule has 0 fully saturated rings. The topological polar surface area (TPSA) is 70.7 Å². The zero-order chi connectivity index (χ0) is 15.3. The Hall–Kier alpha value is -2.69. The van der Waals surface area contributed by atoms with Crippen LogP contribution in [0, 0.1) is 0 Å². The van der Waals surface area contributed by atoms with Gasteiger partial charge in [0.1, 0.15) is 12.0 Å². The summed E-state index contributed by atoms with van der Waals surface area (Å²) in [6.07, 6.45) is 5.28. The minimum Gasteiger partial charge on any atom is -0.351 e. The van der Waals surface area contributed by atoms with Gasteiger partial charge < -0.3 is 10.3 Å². The molecule has 1 aliphatic rings. The van der Waals surface area contributed by atoms with Crippen molar-refractivity contribution in [1.82, 2.24) is 20.3 Å². The maximum atomic E-state index is 12.0. The molecule has 1 aromatic carbocycles. The highest BCUT2D eigenvalue weighted by Crippen LogP contribution is 2.35. The van der Waals surface area contributed by atoms with Gasteiger partial charge in [0.05, 0.1) is 0 Å². The number of rotatable bonds is 1. The van der Waals surface area contributed by atoms with Crippen LogP contribution in [-0.2, 0) is 5.41 Å². The summed E-state index contributed by atoms with van der Waals surface area (Å²) in [5, 5.41) is 3.93. The lowest BCUT2D eigenvalue weighted by Gasteiger charge is -2.32. The Balaban J connectivity index is 1.93. The van der Waals surface area contributed by atoms with E-state index in [0.29, 0.717) is 6.54 Å². The molecule has 0 atom stereocenters. The first kappa shape index (κ1) is 13.0. The van der Waals surface area contributed by atoms with Crippen molar-refractivity contribution in [1.29, 1.82) is 0 Å². The summed E-state index contributed by atoms with van der Waals surface area (Å²) in [6, 6.07) is 6.00. The van der Waals surface area contributed by atoms with E-state index >= 15 is 0 Å². The number of H-pyrrole nitrogens is 1. The molecule has 2 aromatic heterocycles. The first-order valence-electron chi connectivity index (χ1n) is 7.26. The van der Waals surface area contributed by atoms with E-state index < -0.39 is 0 Å². The second-order valence-corrected chi connectivity index (χ2v) is 6.31. The Labute approximate surface area is 127 Å². The van der Waals surface area contributed by atoms with Crippen LogP contribution in [-0.4, -0.2) is 27.4 Å². The summed E-state index contributed by atoms with van der Waals surface area (Å²) in [5.41, 5.74) is 4.71. The minimum absolute atomic E-state index is 0.00290. The van der Waals surface area contributed by atoms with E-state index in [4.69, 9.17) is 0 Å². The normalized spacial score (nSPS) is 16.4. The van der Waals surface area contributed by atoms with E-state index in [1.807, 2.05) is 24.5 Å². The zero-order valence-electron chi connectivity index (χ0n) is 12.5. The number of hydrogen-bond donors (Lipinski definition) is 2. The van der Waals surface area contributed by atoms with Crippen LogP contribution in [0.1, 0.15) is 29.8 Å². The molecule has 0 bridgehead atoms. The summed E-state index contributed by atoms with van der Waals surface area (Å²) in [6.45, 7) is 4.94. The second kappa shape index (κ2) is 4.40. The molecule has 0 radical (unpaired) electrons. The number of aromatic nitrogens is 3. The SMILES string of the molecule is CC1(C)CNC(=O)c2ccc(-c3c[nH]c4ncncc34)cc21. The summed E-state index contributed by atoms with van der Waals surface area (Å²) in [5.74, 6) is 0.00290. The van der Waals surface area contributed by atoms with Gasteiger partial charge in [-0.3, -0.25) is 4.79 Å². The van der Waals surface area contributed by atoms with E-state index in [-0.39, 0.29) is 11.3 Å². The molecular formula is C17H16N4O. The maximum absolute atomic E-state index is 12.0. The van der Waals surface area contributed by atoms with Gasteiger partial charge in [0.25, 0.3) is 5.91 Å². The number of amides is 1. The molecule has 0 unspecified atom stereocenters. The van der Waals surface area contributed by atoms with Gasteiger partial charge in [-0.15, -0.1) is 0 Å². The van der Waals surface area contributed by atoms with Crippen molar-refractivity contribution < 1.29 is 4.79 Å². The smallest absolute Gasteiger partial charge is 0.251 e. The van der Waals surface area contributed by atoms with Crippen molar-refractivity contribution in [3.8, 4) is 11.1 Å². The molecule has 4 rings (SSSR count). The van der Waals surface area contributed by atoms with Crippen LogP contribution < -0.4 is 5.32 Å². The van der Waals surface area contributed by atoms with E-state index in [1.165, 1.54) is 6.33 Å². The van der Waals surface area contributed by atoms with Crippen LogP contribution in [0.4, 0.5) is 0 Å². The third-order valence-electron chi connectivity index (χ3n) is 4.35. The van der Waals surface area contributed by atoms with Gasteiger partial charge in [-0.1, -0.05) is 19.9 Å². The van der Waals surface area contributed by atoms with Crippen molar-refractivity contribution in [3.05, 3.63) is 48.0 Å². The van der Waals surface area contributed by atoms with Crippen molar-refractivity contribution in [2.24, 2.45) is 0 Å². The fourth-order valence-electron chi connectivity index (χ4n) is 3.06. The quantitative estimate of drug-likeness (QED) is 0.724. The van der Waals surface area contributed by atoms with Crippen LogP contribution in [0.25, 0.3) is 22.2 Å². The molecule has 0 spiro atoms. The van der Waals surface area contributed by atoms with Crippen LogP contribution in [0.2, 0.25) is 0 Å². The van der Waals surface area contributed by atoms with Crippen molar-refractivity contribution in [2.45, 2.75) is 19.3 Å². The fraction of sp³-hybridized carbons (Fsp3) is 0.235. The summed E-state index contributed by atoms with van der Waals surface area (Å²) < 4.78 is 0. The first-order chi connectivity index (χ1) is 10.6. The van der Waals surface area contributed by atoms with E-state index in [2.05, 4.69) is 40.2 Å². The van der Waals surface area contributed by atoms with Gasteiger partial charge in [0, 0.05) is 40.9 Å². The van der Waals surface area contributed by atoms with Gasteiger partial charge in [-0.2, -0.15) is 0 Å². The van der Waals surface area contributed by atoms with Gasteiger partial charge in [0.2, 0.25) is 0 Å². The molecule has 0 saturated heterocycles. The highest BCUT2D eigenvalue weighted by Gasteiger charge is 2.31. The molecule has 1 aliphatic heterocycles.